The van der Waals surface area contributed by atoms with Gasteiger partial charge in [-0.3, -0.25) is 4.90 Å². The van der Waals surface area contributed by atoms with E-state index in [2.05, 4.69) is 26.2 Å². The van der Waals surface area contributed by atoms with Gasteiger partial charge < -0.3 is 24.4 Å². The number of aliphatic imine (C=N–C) groups is 1. The van der Waals surface area contributed by atoms with Crippen molar-refractivity contribution in [3.05, 3.63) is 77.0 Å². The maximum atomic E-state index is 13.6. The van der Waals surface area contributed by atoms with Crippen molar-refractivity contribution in [2.75, 3.05) is 38.1 Å². The molecule has 2 aromatic rings. The van der Waals surface area contributed by atoms with Crippen LogP contribution in [-0.2, 0) is 40.6 Å². The fourth-order valence-electron chi connectivity index (χ4n) is 6.15. The molecule has 0 radical (unpaired) electrons. The number of likely N-dealkylation sites (tertiary alicyclic amines) is 1. The van der Waals surface area contributed by atoms with Gasteiger partial charge >= 0.3 is 23.9 Å². The number of nitrogens with one attached hydrogen (secondary N) is 1. The number of anilines is 1. The number of urea groups is 1. The first kappa shape index (κ1) is 28.3. The average Bonchev–Trinajstić information content (AvgIpc) is 3.50. The number of halogens is 1. The number of hydrogen-bond acceptors (Lipinski definition) is 9. The number of rotatable bonds is 7. The van der Waals surface area contributed by atoms with Gasteiger partial charge in [0.2, 0.25) is 0 Å². The van der Waals surface area contributed by atoms with Crippen LogP contribution in [0.25, 0.3) is 0 Å². The number of benzene rings is 2. The Hall–Kier alpha value is -4.19. The van der Waals surface area contributed by atoms with Crippen LogP contribution in [0.15, 0.2) is 70.9 Å². The van der Waals surface area contributed by atoms with Crippen LogP contribution in [0, 0.1) is 0 Å². The molecule has 0 aliphatic carbocycles. The van der Waals surface area contributed by atoms with Crippen molar-refractivity contribution < 1.29 is 33.4 Å². The van der Waals surface area contributed by atoms with Crippen molar-refractivity contribution in [1.29, 1.82) is 0 Å². The number of para-hydroxylation sites is 1. The smallest absolute Gasteiger partial charge is 0.357 e. The third kappa shape index (κ3) is 4.46. The van der Waals surface area contributed by atoms with E-state index in [9.17, 15) is 19.2 Å². The second-order valence-corrected chi connectivity index (χ2v) is 10.5. The van der Waals surface area contributed by atoms with Gasteiger partial charge in [-0.15, -0.1) is 0 Å². The molecular weight excluding hydrogens is 596 g/mol. The largest absolute Gasteiger partial charge is 0.467 e. The minimum Gasteiger partial charge on any atom is -0.467 e. The van der Waals surface area contributed by atoms with E-state index in [-0.39, 0.29) is 30.1 Å². The van der Waals surface area contributed by atoms with Gasteiger partial charge in [0.1, 0.15) is 11.9 Å². The van der Waals surface area contributed by atoms with Crippen LogP contribution in [0.3, 0.4) is 0 Å². The molecule has 3 aliphatic heterocycles. The molecule has 41 heavy (non-hydrogen) atoms. The molecule has 1 saturated heterocycles. The Morgan fingerprint density at radius 3 is 2.32 bits per heavy atom. The van der Waals surface area contributed by atoms with E-state index in [4.69, 9.17) is 14.2 Å². The molecule has 11 nitrogen and oxygen atoms in total. The van der Waals surface area contributed by atoms with Crippen molar-refractivity contribution >= 4 is 51.4 Å². The molecule has 3 heterocycles. The van der Waals surface area contributed by atoms with Gasteiger partial charge in [0, 0.05) is 24.1 Å². The van der Waals surface area contributed by atoms with Crippen molar-refractivity contribution in [3.8, 4) is 0 Å². The molecule has 0 unspecified atom stereocenters. The Bertz CT molecular complexity index is 1460. The number of ether oxygens (including phenoxy) is 3. The topological polar surface area (TPSA) is 127 Å². The van der Waals surface area contributed by atoms with Crippen molar-refractivity contribution in [2.24, 2.45) is 4.99 Å². The Kier molecular flexibility index (Phi) is 7.85. The zero-order chi connectivity index (χ0) is 29.3. The van der Waals surface area contributed by atoms with Gasteiger partial charge in [0.15, 0.2) is 5.70 Å². The normalized spacial score (nSPS) is 22.3. The van der Waals surface area contributed by atoms with Gasteiger partial charge in [0.25, 0.3) is 0 Å². The maximum Gasteiger partial charge on any atom is 0.357 e. The number of amidine groups is 1. The minimum absolute atomic E-state index is 0.0124. The van der Waals surface area contributed by atoms with Crippen molar-refractivity contribution in [3.63, 3.8) is 0 Å². The Morgan fingerprint density at radius 1 is 0.976 bits per heavy atom. The van der Waals surface area contributed by atoms with E-state index in [0.29, 0.717) is 11.9 Å². The summed E-state index contributed by atoms with van der Waals surface area (Å²) in [4.78, 5) is 61.5. The number of fused-ring (bicyclic) bond motifs is 1. The summed E-state index contributed by atoms with van der Waals surface area (Å²) in [5.74, 6) is -2.13. The second-order valence-electron chi connectivity index (χ2n) is 9.72. The molecule has 0 aromatic heterocycles. The highest BCUT2D eigenvalue weighted by Crippen LogP contribution is 2.58. The molecule has 214 valence electrons. The van der Waals surface area contributed by atoms with Crippen LogP contribution >= 0.6 is 15.9 Å². The summed E-state index contributed by atoms with van der Waals surface area (Å²) in [6, 6.07) is 14.7. The van der Waals surface area contributed by atoms with Gasteiger partial charge in [-0.25, -0.2) is 24.2 Å². The van der Waals surface area contributed by atoms with Crippen LogP contribution in [0.4, 0.5) is 10.5 Å². The summed E-state index contributed by atoms with van der Waals surface area (Å²) in [5.41, 5.74) is 0.993. The highest BCUT2D eigenvalue weighted by molar-refractivity contribution is 9.09. The van der Waals surface area contributed by atoms with E-state index < -0.39 is 41.4 Å². The Labute approximate surface area is 245 Å². The molecular formula is C29H29BrN4O7. The molecule has 2 aromatic carbocycles. The number of hydrogen-bond donors (Lipinski definition) is 1. The van der Waals surface area contributed by atoms with Gasteiger partial charge in [-0.1, -0.05) is 64.5 Å². The SMILES string of the molecule is COC(=O)C1=C(C(=O)OC)[C@@H]2N(Cc3ccccc3)c3ccccc3[C@@]23C[C@@H](C(=O)OC)N(C(=O)NCCBr)C3=N1. The fourth-order valence-corrected chi connectivity index (χ4v) is 6.35. The number of carbonyl (C=O) groups is 4. The van der Waals surface area contributed by atoms with Gasteiger partial charge in [-0.05, 0) is 23.6 Å². The molecule has 3 aliphatic rings. The first-order chi connectivity index (χ1) is 19.8. The van der Waals surface area contributed by atoms with Gasteiger partial charge in [-0.2, -0.15) is 0 Å². The van der Waals surface area contributed by atoms with E-state index in [1.54, 1.807) is 0 Å². The summed E-state index contributed by atoms with van der Waals surface area (Å²) in [6.45, 7) is 0.627. The highest BCUT2D eigenvalue weighted by Gasteiger charge is 2.67. The van der Waals surface area contributed by atoms with Gasteiger partial charge in [0.05, 0.1) is 38.4 Å². The Balaban J connectivity index is 1.83. The lowest BCUT2D eigenvalue weighted by Crippen LogP contribution is -2.56. The van der Waals surface area contributed by atoms with Crippen LogP contribution in [-0.4, -0.2) is 80.0 Å². The van der Waals surface area contributed by atoms with Crippen LogP contribution in [0.1, 0.15) is 17.5 Å². The molecule has 3 atom stereocenters. The third-order valence-electron chi connectivity index (χ3n) is 7.72. The average molecular weight is 625 g/mol. The molecule has 0 saturated carbocycles. The van der Waals surface area contributed by atoms with Crippen molar-refractivity contribution in [2.45, 2.75) is 30.5 Å². The first-order valence-corrected chi connectivity index (χ1v) is 14.1. The predicted octanol–water partition coefficient (Wildman–Crippen LogP) is 2.68. The van der Waals surface area contributed by atoms with E-state index in [1.165, 1.54) is 26.2 Å². The molecule has 12 heteroatoms. The summed E-state index contributed by atoms with van der Waals surface area (Å²) in [5, 5.41) is 3.26. The lowest BCUT2D eigenvalue weighted by molar-refractivity contribution is -0.144. The number of carbonyl (C=O) groups excluding carboxylic acids is 4. The summed E-state index contributed by atoms with van der Waals surface area (Å²) in [6.07, 6.45) is 0.0577. The zero-order valence-electron chi connectivity index (χ0n) is 22.8. The zero-order valence-corrected chi connectivity index (χ0v) is 24.3. The van der Waals surface area contributed by atoms with Crippen molar-refractivity contribution in [1.82, 2.24) is 10.2 Å². The number of amides is 2. The van der Waals surface area contributed by atoms with Crippen LogP contribution in [0.5, 0.6) is 0 Å². The number of esters is 3. The summed E-state index contributed by atoms with van der Waals surface area (Å²) in [7, 11) is 3.66. The number of methoxy groups -OCH3 is 3. The fraction of sp³-hybridized carbons (Fsp3) is 0.345. The maximum absolute atomic E-state index is 13.6. The lowest BCUT2D eigenvalue weighted by atomic mass is 9.69. The molecule has 2 amide bonds. The molecule has 1 spiro atoms. The molecule has 1 fully saturated rings. The second kappa shape index (κ2) is 11.4. The van der Waals surface area contributed by atoms with Crippen LogP contribution in [0.2, 0.25) is 0 Å². The van der Waals surface area contributed by atoms with E-state index >= 15 is 0 Å². The monoisotopic (exact) mass is 624 g/mol. The van der Waals surface area contributed by atoms with Crippen LogP contribution < -0.4 is 10.2 Å². The molecule has 0 bridgehead atoms. The number of alkyl halides is 1. The standard InChI is InChI=1S/C29H29BrN4O7/c1-39-24(35)20-15-29-18-11-7-8-12-19(18)33(16-17-9-5-4-6-10-17)23(29)21(25(36)40-2)22(26(37)41-3)32-27(29)34(20)28(38)31-14-13-30/h4-12,20,23H,13-16H2,1-3H3,(H,31,38)/t20-,23-,29-/m0/s1. The minimum atomic E-state index is -1.18. The quantitative estimate of drug-likeness (QED) is 0.283. The Morgan fingerprint density at radius 2 is 1.66 bits per heavy atom. The lowest BCUT2D eigenvalue weighted by Gasteiger charge is -2.40. The summed E-state index contributed by atoms with van der Waals surface area (Å²) >= 11 is 3.31. The summed E-state index contributed by atoms with van der Waals surface area (Å²) < 4.78 is 15.4. The van der Waals surface area contributed by atoms with E-state index in [0.717, 1.165) is 16.8 Å². The third-order valence-corrected chi connectivity index (χ3v) is 8.11. The highest BCUT2D eigenvalue weighted by atomic mass is 79.9. The predicted molar refractivity (Wildman–Crippen MR) is 152 cm³/mol. The first-order valence-electron chi connectivity index (χ1n) is 12.9. The number of nitrogens with zero attached hydrogens (tertiary/aromatic N) is 3. The molecule has 1 N–H and O–H groups in total. The molecule has 5 rings (SSSR count). The van der Waals surface area contributed by atoms with E-state index in [1.807, 2.05) is 59.5 Å².